The Labute approximate surface area is 261 Å². The van der Waals surface area contributed by atoms with E-state index in [9.17, 15) is 42.8 Å². The third-order valence-electron chi connectivity index (χ3n) is 9.25. The molecule has 0 radical (unpaired) electrons. The van der Waals surface area contributed by atoms with Crippen LogP contribution in [0.4, 0.5) is 18.9 Å². The first kappa shape index (κ1) is 31.2. The first-order chi connectivity index (χ1) is 21.9. The summed E-state index contributed by atoms with van der Waals surface area (Å²) in [6.07, 6.45) is -0.929. The van der Waals surface area contributed by atoms with E-state index in [0.717, 1.165) is 31.4 Å². The molecule has 3 aromatic carbocycles. The lowest BCUT2D eigenvalue weighted by Crippen LogP contribution is -2.58. The molecule has 3 aromatic rings. The summed E-state index contributed by atoms with van der Waals surface area (Å²) in [5.74, 6) is -4.70. The average Bonchev–Trinajstić information content (AvgIpc) is 3.51. The molecule has 6 rings (SSSR count). The number of imide groups is 1. The second-order valence-electron chi connectivity index (χ2n) is 12.0. The summed E-state index contributed by atoms with van der Waals surface area (Å²) in [4.78, 5) is 53.4. The summed E-state index contributed by atoms with van der Waals surface area (Å²) < 4.78 is 45.6. The van der Waals surface area contributed by atoms with Gasteiger partial charge in [-0.1, -0.05) is 49.6 Å². The first-order valence-corrected chi connectivity index (χ1v) is 15.0. The number of carbonyl (C=O) groups excluding carboxylic acids is 2. The smallest absolute Gasteiger partial charge is 0.416 e. The van der Waals surface area contributed by atoms with Crippen LogP contribution >= 0.6 is 0 Å². The van der Waals surface area contributed by atoms with Gasteiger partial charge in [0.05, 0.1) is 22.3 Å². The highest BCUT2D eigenvalue weighted by molar-refractivity contribution is 6.09. The maximum absolute atomic E-state index is 14.1. The van der Waals surface area contributed by atoms with E-state index in [1.165, 1.54) is 53.4 Å². The number of alkyl halides is 3. The molecule has 4 atom stereocenters. The van der Waals surface area contributed by atoms with Gasteiger partial charge in [0.2, 0.25) is 11.8 Å². The number of carboxylic acids is 1. The number of aliphatic carboxylic acids is 1. The van der Waals surface area contributed by atoms with Crippen molar-refractivity contribution in [3.63, 3.8) is 0 Å². The monoisotopic (exact) mass is 637 g/mol. The third kappa shape index (κ3) is 5.59. The fourth-order valence-electron chi connectivity index (χ4n) is 7.15. The number of nitro groups is 1. The van der Waals surface area contributed by atoms with Crippen LogP contribution in [0.3, 0.4) is 0 Å². The SMILES string of the molecule is O=C1C2C(c3cccc(Oc4cccc(C(F)(F)F)c4)c3)NC(Cc3ccc([N+](=O)[O-])cc3)(C(=O)O)C2C(=O)N1C1CCCCC1. The topological polar surface area (TPSA) is 139 Å². The number of nitrogens with one attached hydrogen (secondary N) is 1. The van der Waals surface area contributed by atoms with Crippen LogP contribution in [0.25, 0.3) is 0 Å². The second-order valence-corrected chi connectivity index (χ2v) is 12.0. The number of ether oxygens (including phenoxy) is 1. The largest absolute Gasteiger partial charge is 0.480 e. The van der Waals surface area contributed by atoms with Crippen LogP contribution in [-0.2, 0) is 27.0 Å². The number of rotatable bonds is 8. The van der Waals surface area contributed by atoms with Gasteiger partial charge < -0.3 is 9.84 Å². The second kappa shape index (κ2) is 11.9. The number of non-ortho nitro benzene ring substituents is 1. The third-order valence-corrected chi connectivity index (χ3v) is 9.25. The number of hydrogen-bond donors (Lipinski definition) is 2. The van der Waals surface area contributed by atoms with E-state index >= 15 is 0 Å². The number of carboxylic acid groups (broad SMARTS) is 1. The Morgan fingerprint density at radius 2 is 1.63 bits per heavy atom. The summed E-state index contributed by atoms with van der Waals surface area (Å²) in [6.45, 7) is 0. The van der Waals surface area contributed by atoms with Crippen LogP contribution in [0.1, 0.15) is 54.8 Å². The maximum atomic E-state index is 14.1. The van der Waals surface area contributed by atoms with Gasteiger partial charge in [-0.3, -0.25) is 34.7 Å². The van der Waals surface area contributed by atoms with E-state index in [1.807, 2.05) is 0 Å². The number of halogens is 3. The van der Waals surface area contributed by atoms with Crippen molar-refractivity contribution >= 4 is 23.5 Å². The molecule has 240 valence electrons. The highest BCUT2D eigenvalue weighted by atomic mass is 19.4. The van der Waals surface area contributed by atoms with Gasteiger partial charge in [0, 0.05) is 30.6 Å². The van der Waals surface area contributed by atoms with Crippen molar-refractivity contribution in [3.8, 4) is 11.5 Å². The Morgan fingerprint density at radius 3 is 2.26 bits per heavy atom. The fraction of sp³-hybridized carbons (Fsp3) is 0.364. The number of fused-ring (bicyclic) bond motifs is 1. The maximum Gasteiger partial charge on any atom is 0.416 e. The number of nitro benzene ring substituents is 1. The van der Waals surface area contributed by atoms with Crippen LogP contribution in [0.2, 0.25) is 0 Å². The predicted octanol–water partition coefficient (Wildman–Crippen LogP) is 6.05. The van der Waals surface area contributed by atoms with E-state index in [1.54, 1.807) is 12.1 Å². The molecule has 2 N–H and O–H groups in total. The van der Waals surface area contributed by atoms with E-state index in [4.69, 9.17) is 4.74 Å². The van der Waals surface area contributed by atoms with Gasteiger partial charge in [-0.15, -0.1) is 0 Å². The van der Waals surface area contributed by atoms with Crippen LogP contribution < -0.4 is 10.1 Å². The molecule has 2 saturated heterocycles. The van der Waals surface area contributed by atoms with Gasteiger partial charge in [-0.2, -0.15) is 13.2 Å². The van der Waals surface area contributed by atoms with E-state index in [0.29, 0.717) is 24.0 Å². The Bertz CT molecular complexity index is 1690. The van der Waals surface area contributed by atoms with Crippen LogP contribution in [0.15, 0.2) is 72.8 Å². The molecule has 3 aliphatic rings. The summed E-state index contributed by atoms with van der Waals surface area (Å²) >= 11 is 0. The highest BCUT2D eigenvalue weighted by Gasteiger charge is 2.69. The molecule has 10 nitrogen and oxygen atoms in total. The van der Waals surface area contributed by atoms with Crippen molar-refractivity contribution in [1.82, 2.24) is 10.2 Å². The zero-order valence-electron chi connectivity index (χ0n) is 24.4. The lowest BCUT2D eigenvalue weighted by molar-refractivity contribution is -0.384. The fourth-order valence-corrected chi connectivity index (χ4v) is 7.15. The van der Waals surface area contributed by atoms with Crippen LogP contribution in [-0.4, -0.2) is 44.3 Å². The average molecular weight is 638 g/mol. The Balaban J connectivity index is 1.39. The van der Waals surface area contributed by atoms with E-state index in [2.05, 4.69) is 5.32 Å². The first-order valence-electron chi connectivity index (χ1n) is 15.0. The van der Waals surface area contributed by atoms with Gasteiger partial charge in [0.25, 0.3) is 5.69 Å². The number of hydrogen-bond acceptors (Lipinski definition) is 7. The van der Waals surface area contributed by atoms with Gasteiger partial charge in [-0.05, 0) is 54.3 Å². The lowest BCUT2D eigenvalue weighted by atomic mass is 9.76. The molecule has 1 aliphatic carbocycles. The Kier molecular flexibility index (Phi) is 8.05. The molecule has 2 amide bonds. The number of likely N-dealkylation sites (tertiary alicyclic amines) is 1. The predicted molar refractivity (Wildman–Crippen MR) is 157 cm³/mol. The molecule has 13 heteroatoms. The molecule has 2 heterocycles. The minimum Gasteiger partial charge on any atom is -0.480 e. The molecule has 2 aliphatic heterocycles. The van der Waals surface area contributed by atoms with Crippen LogP contribution in [0, 0.1) is 22.0 Å². The van der Waals surface area contributed by atoms with Gasteiger partial charge in [0.15, 0.2) is 0 Å². The van der Waals surface area contributed by atoms with E-state index < -0.39 is 57.9 Å². The zero-order chi connectivity index (χ0) is 32.8. The van der Waals surface area contributed by atoms with Crippen molar-refractivity contribution in [3.05, 3.63) is 99.6 Å². The molecule has 1 saturated carbocycles. The molecule has 0 aromatic heterocycles. The summed E-state index contributed by atoms with van der Waals surface area (Å²) in [6, 6.07) is 14.7. The quantitative estimate of drug-likeness (QED) is 0.173. The number of benzene rings is 3. The molecule has 4 unspecified atom stereocenters. The normalized spacial score (nSPS) is 25.0. The Hall–Kier alpha value is -4.78. The number of nitrogens with zero attached hydrogens (tertiary/aromatic N) is 2. The minimum atomic E-state index is -4.58. The number of amides is 2. The van der Waals surface area contributed by atoms with Gasteiger partial charge >= 0.3 is 12.1 Å². The molecule has 3 fully saturated rings. The standard InChI is InChI=1S/C33H30F3N3O7/c34-33(35,36)21-7-5-11-25(17-21)46-24-10-4-6-20(16-24)28-26-27(30(41)38(29(26)40)22-8-2-1-3-9-22)32(37-28,31(42)43)18-19-12-14-23(15-13-19)39(44)45/h4-7,10-17,22,26-28,37H,1-3,8-9,18H2,(H,42,43). The van der Waals surface area contributed by atoms with Gasteiger partial charge in [0.1, 0.15) is 17.0 Å². The summed E-state index contributed by atoms with van der Waals surface area (Å²) in [5.41, 5.74) is -2.19. The summed E-state index contributed by atoms with van der Waals surface area (Å²) in [7, 11) is 0. The molecule has 0 spiro atoms. The molecular weight excluding hydrogens is 607 g/mol. The molecule has 0 bridgehead atoms. The minimum absolute atomic E-state index is 0.0714. The Morgan fingerprint density at radius 1 is 0.978 bits per heavy atom. The van der Waals surface area contributed by atoms with Crippen molar-refractivity contribution in [1.29, 1.82) is 0 Å². The molecular formula is C33H30F3N3O7. The van der Waals surface area contributed by atoms with Crippen molar-refractivity contribution in [2.24, 2.45) is 11.8 Å². The summed E-state index contributed by atoms with van der Waals surface area (Å²) in [5, 5.41) is 25.1. The lowest BCUT2D eigenvalue weighted by Gasteiger charge is -2.34. The van der Waals surface area contributed by atoms with E-state index in [-0.39, 0.29) is 29.6 Å². The highest BCUT2D eigenvalue weighted by Crippen LogP contribution is 2.51. The van der Waals surface area contributed by atoms with Crippen LogP contribution in [0.5, 0.6) is 11.5 Å². The van der Waals surface area contributed by atoms with Gasteiger partial charge in [-0.25, -0.2) is 0 Å². The number of carbonyl (C=O) groups is 3. The van der Waals surface area contributed by atoms with Crippen molar-refractivity contribution < 1.29 is 42.3 Å². The molecule has 46 heavy (non-hydrogen) atoms. The van der Waals surface area contributed by atoms with Crippen molar-refractivity contribution in [2.75, 3.05) is 0 Å². The zero-order valence-corrected chi connectivity index (χ0v) is 24.4. The van der Waals surface area contributed by atoms with Crippen molar-refractivity contribution in [2.45, 2.75) is 62.3 Å².